The Hall–Kier alpha value is -2.04. The molecule has 180 valence electrons. The molecule has 2 aliphatic rings. The number of fused-ring (bicyclic) bond motifs is 1. The number of benzene rings is 2. The molecule has 1 unspecified atom stereocenters. The van der Waals surface area contributed by atoms with E-state index in [0.717, 1.165) is 62.4 Å². The number of ether oxygens (including phenoxy) is 3. The van der Waals surface area contributed by atoms with Gasteiger partial charge in [-0.25, -0.2) is 4.99 Å². The number of morpholine rings is 1. The molecule has 2 aliphatic heterocycles. The maximum absolute atomic E-state index is 5.85. The first kappa shape index (κ1) is 25.6. The van der Waals surface area contributed by atoms with Crippen molar-refractivity contribution in [3.8, 4) is 11.5 Å². The molecule has 0 amide bonds. The number of hydrogen-bond donors (Lipinski definition) is 2. The zero-order valence-electron chi connectivity index (χ0n) is 19.5. The lowest BCUT2D eigenvalue weighted by atomic mass is 10.1. The third kappa shape index (κ3) is 7.48. The summed E-state index contributed by atoms with van der Waals surface area (Å²) in [6.45, 7) is 10.7. The molecule has 0 aromatic heterocycles. The average Bonchev–Trinajstić information content (AvgIpc) is 3.07. The fourth-order valence-corrected chi connectivity index (χ4v) is 3.86. The molecule has 1 fully saturated rings. The summed E-state index contributed by atoms with van der Waals surface area (Å²) >= 11 is 0. The van der Waals surface area contributed by atoms with Crippen molar-refractivity contribution in [3.05, 3.63) is 53.6 Å². The summed E-state index contributed by atoms with van der Waals surface area (Å²) in [6, 6.07) is 14.7. The van der Waals surface area contributed by atoms with E-state index in [1.807, 2.05) is 18.2 Å². The van der Waals surface area contributed by atoms with Crippen LogP contribution in [0.15, 0.2) is 47.5 Å². The number of anilines is 1. The van der Waals surface area contributed by atoms with Crippen molar-refractivity contribution in [1.29, 1.82) is 0 Å². The number of nitrogens with zero attached hydrogens (tertiary/aromatic N) is 2. The number of guanidine groups is 1. The van der Waals surface area contributed by atoms with Gasteiger partial charge in [-0.1, -0.05) is 24.3 Å². The molecule has 2 N–H and O–H groups in total. The molecule has 2 heterocycles. The van der Waals surface area contributed by atoms with Crippen molar-refractivity contribution in [2.45, 2.75) is 32.9 Å². The molecule has 0 spiro atoms. The maximum atomic E-state index is 5.85. The molecule has 7 nitrogen and oxygen atoms in total. The Morgan fingerprint density at radius 3 is 2.58 bits per heavy atom. The smallest absolute Gasteiger partial charge is 0.196 e. The Kier molecular flexibility index (Phi) is 10.1. The molecule has 0 aliphatic carbocycles. The van der Waals surface area contributed by atoms with E-state index in [9.17, 15) is 0 Å². The van der Waals surface area contributed by atoms with Gasteiger partial charge in [-0.05, 0) is 37.1 Å². The van der Waals surface area contributed by atoms with Crippen molar-refractivity contribution in [2.24, 2.45) is 4.99 Å². The normalized spacial score (nSPS) is 17.5. The number of hydrogen-bond acceptors (Lipinski definition) is 5. The van der Waals surface area contributed by atoms with Crippen LogP contribution in [-0.2, 0) is 11.3 Å². The van der Waals surface area contributed by atoms with Gasteiger partial charge in [0, 0.05) is 43.9 Å². The molecule has 1 atom stereocenters. The summed E-state index contributed by atoms with van der Waals surface area (Å²) in [6.07, 6.45) is 0.890. The van der Waals surface area contributed by atoms with Gasteiger partial charge in [-0.3, -0.25) is 4.90 Å². The summed E-state index contributed by atoms with van der Waals surface area (Å²) in [7, 11) is 0. The van der Waals surface area contributed by atoms with Crippen LogP contribution < -0.4 is 20.1 Å². The van der Waals surface area contributed by atoms with Crippen molar-refractivity contribution in [2.75, 3.05) is 51.4 Å². The van der Waals surface area contributed by atoms with Crippen LogP contribution in [0.1, 0.15) is 24.5 Å². The summed E-state index contributed by atoms with van der Waals surface area (Å²) in [5.41, 5.74) is 3.38. The van der Waals surface area contributed by atoms with E-state index < -0.39 is 0 Å². The zero-order valence-corrected chi connectivity index (χ0v) is 21.8. The molecule has 1 saturated heterocycles. The van der Waals surface area contributed by atoms with Gasteiger partial charge in [0.15, 0.2) is 17.5 Å². The van der Waals surface area contributed by atoms with Gasteiger partial charge in [0.1, 0.15) is 0 Å². The van der Waals surface area contributed by atoms with Crippen LogP contribution in [-0.4, -0.2) is 63.0 Å². The van der Waals surface area contributed by atoms with Gasteiger partial charge in [-0.2, -0.15) is 0 Å². The fourth-order valence-electron chi connectivity index (χ4n) is 3.86. The maximum Gasteiger partial charge on any atom is 0.196 e. The number of nitrogens with one attached hydrogen (secondary N) is 2. The lowest BCUT2D eigenvalue weighted by Gasteiger charge is -2.32. The van der Waals surface area contributed by atoms with Crippen molar-refractivity contribution in [1.82, 2.24) is 10.2 Å². The number of rotatable bonds is 6. The highest BCUT2D eigenvalue weighted by molar-refractivity contribution is 14.0. The number of halogens is 1. The third-order valence-corrected chi connectivity index (χ3v) is 5.91. The molecule has 0 saturated carbocycles. The van der Waals surface area contributed by atoms with Crippen molar-refractivity contribution in [3.63, 3.8) is 0 Å². The highest BCUT2D eigenvalue weighted by Crippen LogP contribution is 2.32. The van der Waals surface area contributed by atoms with Crippen LogP contribution in [0.25, 0.3) is 0 Å². The Balaban J connectivity index is 0.00000306. The zero-order chi connectivity index (χ0) is 22.2. The highest BCUT2D eigenvalue weighted by atomic mass is 127. The Morgan fingerprint density at radius 2 is 1.79 bits per heavy atom. The van der Waals surface area contributed by atoms with Crippen LogP contribution >= 0.6 is 24.0 Å². The van der Waals surface area contributed by atoms with Crippen LogP contribution in [0.4, 0.5) is 5.69 Å². The first-order valence-electron chi connectivity index (χ1n) is 11.5. The predicted molar refractivity (Wildman–Crippen MR) is 143 cm³/mol. The average molecular weight is 566 g/mol. The van der Waals surface area contributed by atoms with Gasteiger partial charge in [-0.15, -0.1) is 24.0 Å². The van der Waals surface area contributed by atoms with E-state index in [0.29, 0.717) is 25.8 Å². The lowest BCUT2D eigenvalue weighted by Crippen LogP contribution is -2.48. The minimum absolute atomic E-state index is 0. The van der Waals surface area contributed by atoms with E-state index in [4.69, 9.17) is 19.2 Å². The molecule has 4 rings (SSSR count). The van der Waals surface area contributed by atoms with Crippen LogP contribution in [0.2, 0.25) is 0 Å². The number of aliphatic imine (C=N–C) groups is 1. The molecular formula is C25H35IN4O3. The van der Waals surface area contributed by atoms with Gasteiger partial charge < -0.3 is 24.8 Å². The molecule has 0 radical (unpaired) electrons. The van der Waals surface area contributed by atoms with E-state index in [2.05, 4.69) is 53.6 Å². The van der Waals surface area contributed by atoms with Crippen LogP contribution in [0.5, 0.6) is 11.5 Å². The second kappa shape index (κ2) is 13.0. The van der Waals surface area contributed by atoms with Crippen molar-refractivity contribution >= 4 is 35.6 Å². The Bertz CT molecular complexity index is 918. The van der Waals surface area contributed by atoms with Crippen LogP contribution in [0, 0.1) is 6.92 Å². The molecule has 0 bridgehead atoms. The summed E-state index contributed by atoms with van der Waals surface area (Å²) in [4.78, 5) is 7.32. The van der Waals surface area contributed by atoms with E-state index in [1.165, 1.54) is 11.1 Å². The first-order valence-corrected chi connectivity index (χ1v) is 11.5. The van der Waals surface area contributed by atoms with Gasteiger partial charge in [0.2, 0.25) is 0 Å². The fraction of sp³-hybridized carbons (Fsp3) is 0.480. The topological polar surface area (TPSA) is 67.4 Å². The Labute approximate surface area is 213 Å². The van der Waals surface area contributed by atoms with Gasteiger partial charge in [0.05, 0.1) is 33.0 Å². The molecular weight excluding hydrogens is 531 g/mol. The standard InChI is InChI=1S/C25H34N4O3.HI/c1-19-6-3-4-7-21(19)18-27-25(26-17-20(2)29-10-14-30-15-11-29)28-22-8-9-23-24(16-22)32-13-5-12-31-23;/h3-4,6-9,16,20H,5,10-15,17-18H2,1-2H3,(H2,26,27,28);1H. The van der Waals surface area contributed by atoms with Gasteiger partial charge >= 0.3 is 0 Å². The second-order valence-electron chi connectivity index (χ2n) is 8.31. The third-order valence-electron chi connectivity index (χ3n) is 5.91. The minimum atomic E-state index is 0. The first-order chi connectivity index (χ1) is 15.7. The van der Waals surface area contributed by atoms with E-state index >= 15 is 0 Å². The molecule has 33 heavy (non-hydrogen) atoms. The summed E-state index contributed by atoms with van der Waals surface area (Å²) in [5, 5.41) is 6.99. The number of aryl methyl sites for hydroxylation is 1. The largest absolute Gasteiger partial charge is 0.490 e. The Morgan fingerprint density at radius 1 is 1.03 bits per heavy atom. The molecule has 8 heteroatoms. The van der Waals surface area contributed by atoms with Gasteiger partial charge in [0.25, 0.3) is 0 Å². The molecule has 2 aromatic rings. The monoisotopic (exact) mass is 566 g/mol. The van der Waals surface area contributed by atoms with E-state index in [-0.39, 0.29) is 24.0 Å². The minimum Gasteiger partial charge on any atom is -0.490 e. The molecule has 2 aromatic carbocycles. The second-order valence-corrected chi connectivity index (χ2v) is 8.31. The summed E-state index contributed by atoms with van der Waals surface area (Å²) in [5.74, 6) is 2.32. The highest BCUT2D eigenvalue weighted by Gasteiger charge is 2.17. The predicted octanol–water partition coefficient (Wildman–Crippen LogP) is 4.05. The summed E-state index contributed by atoms with van der Waals surface area (Å²) < 4.78 is 17.1. The van der Waals surface area contributed by atoms with E-state index in [1.54, 1.807) is 0 Å². The lowest BCUT2D eigenvalue weighted by molar-refractivity contribution is 0.0212. The van der Waals surface area contributed by atoms with Crippen molar-refractivity contribution < 1.29 is 14.2 Å². The SMILES string of the molecule is Cc1ccccc1CN=C(NCC(C)N1CCOCC1)Nc1ccc2c(c1)OCCCO2.I. The van der Waals surface area contributed by atoms with Crippen LogP contribution in [0.3, 0.4) is 0 Å². The quantitative estimate of drug-likeness (QED) is 0.313.